The quantitative estimate of drug-likeness (QED) is 0.582. The van der Waals surface area contributed by atoms with E-state index < -0.39 is 0 Å². The van der Waals surface area contributed by atoms with E-state index in [1.807, 2.05) is 13.8 Å². The summed E-state index contributed by atoms with van der Waals surface area (Å²) in [7, 11) is 0. The lowest BCUT2D eigenvalue weighted by Gasteiger charge is -2.12. The molecule has 3 heteroatoms. The minimum atomic E-state index is -0.320. The third kappa shape index (κ3) is 2.34. The highest BCUT2D eigenvalue weighted by Crippen LogP contribution is 2.09. The van der Waals surface area contributed by atoms with E-state index in [0.29, 0.717) is 19.5 Å². The number of allylic oxidation sites excluding steroid dienone is 1. The van der Waals surface area contributed by atoms with Crippen molar-refractivity contribution < 1.29 is 9.90 Å². The van der Waals surface area contributed by atoms with Gasteiger partial charge in [-0.15, -0.1) is 0 Å². The maximum absolute atomic E-state index is 11.3. The van der Waals surface area contributed by atoms with E-state index in [1.54, 1.807) is 11.0 Å². The number of rotatable bonds is 1. The molecule has 0 saturated carbocycles. The largest absolute Gasteiger partial charge is 0.391 e. The van der Waals surface area contributed by atoms with Crippen LogP contribution in [-0.2, 0) is 4.79 Å². The second-order valence-electron chi connectivity index (χ2n) is 3.45. The van der Waals surface area contributed by atoms with E-state index in [0.717, 1.165) is 5.57 Å². The van der Waals surface area contributed by atoms with Crippen molar-refractivity contribution in [3.63, 3.8) is 0 Å². The number of hydrogen-bond acceptors (Lipinski definition) is 2. The van der Waals surface area contributed by atoms with E-state index >= 15 is 0 Å². The number of aliphatic hydroxyl groups is 1. The topological polar surface area (TPSA) is 40.5 Å². The van der Waals surface area contributed by atoms with Gasteiger partial charge in [-0.05, 0) is 20.3 Å². The molecule has 12 heavy (non-hydrogen) atoms. The summed E-state index contributed by atoms with van der Waals surface area (Å²) < 4.78 is 0. The van der Waals surface area contributed by atoms with Gasteiger partial charge < -0.3 is 10.0 Å². The Bertz CT molecular complexity index is 207. The molecule has 0 aromatic rings. The lowest BCUT2D eigenvalue weighted by Crippen LogP contribution is -2.27. The van der Waals surface area contributed by atoms with Crippen LogP contribution in [0.15, 0.2) is 11.6 Å². The van der Waals surface area contributed by atoms with Crippen LogP contribution in [0.4, 0.5) is 0 Å². The monoisotopic (exact) mass is 169 g/mol. The molecule has 0 bridgehead atoms. The maximum Gasteiger partial charge on any atom is 0.246 e. The Hall–Kier alpha value is -0.830. The van der Waals surface area contributed by atoms with Crippen LogP contribution in [0.3, 0.4) is 0 Å². The summed E-state index contributed by atoms with van der Waals surface area (Å²) in [6, 6.07) is 0. The minimum absolute atomic E-state index is 0.0200. The molecule has 1 heterocycles. The van der Waals surface area contributed by atoms with Crippen LogP contribution in [-0.4, -0.2) is 35.1 Å². The first-order valence-electron chi connectivity index (χ1n) is 4.21. The number of nitrogens with zero attached hydrogens (tertiary/aromatic N) is 1. The van der Waals surface area contributed by atoms with Crippen molar-refractivity contribution in [2.24, 2.45) is 0 Å². The van der Waals surface area contributed by atoms with E-state index in [-0.39, 0.29) is 12.0 Å². The number of β-amino-alcohol motifs (C(OH)–C–C–N with tert-alkyl or cyclic N) is 1. The molecule has 1 saturated heterocycles. The van der Waals surface area contributed by atoms with Gasteiger partial charge in [-0.25, -0.2) is 0 Å². The highest BCUT2D eigenvalue weighted by Gasteiger charge is 2.22. The highest BCUT2D eigenvalue weighted by molar-refractivity contribution is 5.88. The summed E-state index contributed by atoms with van der Waals surface area (Å²) in [5, 5.41) is 9.17. The number of likely N-dealkylation sites (tertiary alicyclic amines) is 1. The summed E-state index contributed by atoms with van der Waals surface area (Å²) in [6.07, 6.45) is 2.00. The van der Waals surface area contributed by atoms with Crippen LogP contribution in [0.25, 0.3) is 0 Å². The van der Waals surface area contributed by atoms with E-state index in [1.165, 1.54) is 0 Å². The van der Waals surface area contributed by atoms with E-state index in [4.69, 9.17) is 5.11 Å². The fourth-order valence-corrected chi connectivity index (χ4v) is 1.28. The van der Waals surface area contributed by atoms with Crippen LogP contribution < -0.4 is 0 Å². The molecule has 1 N–H and O–H groups in total. The van der Waals surface area contributed by atoms with Crippen molar-refractivity contribution in [1.82, 2.24) is 4.90 Å². The lowest BCUT2D eigenvalue weighted by molar-refractivity contribution is -0.125. The first kappa shape index (κ1) is 9.26. The van der Waals surface area contributed by atoms with Gasteiger partial charge in [-0.3, -0.25) is 4.79 Å². The first-order valence-corrected chi connectivity index (χ1v) is 4.21. The van der Waals surface area contributed by atoms with Gasteiger partial charge in [0.2, 0.25) is 5.91 Å². The van der Waals surface area contributed by atoms with Crippen molar-refractivity contribution in [1.29, 1.82) is 0 Å². The fourth-order valence-electron chi connectivity index (χ4n) is 1.28. The Morgan fingerprint density at radius 2 is 2.25 bits per heavy atom. The standard InChI is InChI=1S/C9H15NO2/c1-7(2)5-9(12)10-4-3-8(11)6-10/h5,8,11H,3-4,6H2,1-2H3. The highest BCUT2D eigenvalue weighted by atomic mass is 16.3. The molecule has 0 radical (unpaired) electrons. The number of carbonyl (C=O) groups excluding carboxylic acids is 1. The smallest absolute Gasteiger partial charge is 0.246 e. The lowest BCUT2D eigenvalue weighted by atomic mass is 10.3. The van der Waals surface area contributed by atoms with Gasteiger partial charge in [-0.1, -0.05) is 5.57 Å². The molecule has 0 aromatic heterocycles. The summed E-state index contributed by atoms with van der Waals surface area (Å²) in [5.41, 5.74) is 1.00. The Kier molecular flexibility index (Phi) is 2.87. The molecule has 1 amide bonds. The van der Waals surface area contributed by atoms with Crippen LogP contribution >= 0.6 is 0 Å². The van der Waals surface area contributed by atoms with Crippen molar-refractivity contribution in [2.75, 3.05) is 13.1 Å². The third-order valence-corrected chi connectivity index (χ3v) is 1.89. The number of hydrogen-bond donors (Lipinski definition) is 1. The molecule has 1 rings (SSSR count). The molecule has 1 fully saturated rings. The number of carbonyl (C=O) groups is 1. The van der Waals surface area contributed by atoms with Gasteiger partial charge in [0, 0.05) is 19.2 Å². The molecular weight excluding hydrogens is 154 g/mol. The van der Waals surface area contributed by atoms with Crippen LogP contribution in [0.5, 0.6) is 0 Å². The molecule has 1 aliphatic rings. The van der Waals surface area contributed by atoms with Crippen molar-refractivity contribution in [3.8, 4) is 0 Å². The molecule has 0 aromatic carbocycles. The molecule has 1 unspecified atom stereocenters. The summed E-state index contributed by atoms with van der Waals surface area (Å²) in [6.45, 7) is 4.96. The predicted octanol–water partition coefficient (Wildman–Crippen LogP) is 0.546. The predicted molar refractivity (Wildman–Crippen MR) is 46.6 cm³/mol. The van der Waals surface area contributed by atoms with Crippen LogP contribution in [0.2, 0.25) is 0 Å². The van der Waals surface area contributed by atoms with E-state index in [9.17, 15) is 4.79 Å². The first-order chi connectivity index (χ1) is 5.59. The summed E-state index contributed by atoms with van der Waals surface area (Å²) in [5.74, 6) is 0.0200. The van der Waals surface area contributed by atoms with Crippen LogP contribution in [0, 0.1) is 0 Å². The Morgan fingerprint density at radius 3 is 2.67 bits per heavy atom. The average molecular weight is 169 g/mol. The molecule has 1 aliphatic heterocycles. The summed E-state index contributed by atoms with van der Waals surface area (Å²) in [4.78, 5) is 13.0. The second-order valence-corrected chi connectivity index (χ2v) is 3.45. The van der Waals surface area contributed by atoms with Gasteiger partial charge in [0.1, 0.15) is 0 Å². The van der Waals surface area contributed by atoms with Crippen molar-refractivity contribution >= 4 is 5.91 Å². The molecule has 3 nitrogen and oxygen atoms in total. The maximum atomic E-state index is 11.3. The second kappa shape index (κ2) is 3.72. The Balaban J connectivity index is 2.49. The van der Waals surface area contributed by atoms with Gasteiger partial charge in [-0.2, -0.15) is 0 Å². The van der Waals surface area contributed by atoms with Crippen LogP contribution in [0.1, 0.15) is 20.3 Å². The minimum Gasteiger partial charge on any atom is -0.391 e. The molecular formula is C9H15NO2. The Labute approximate surface area is 72.7 Å². The summed E-state index contributed by atoms with van der Waals surface area (Å²) >= 11 is 0. The normalized spacial score (nSPS) is 22.6. The zero-order valence-corrected chi connectivity index (χ0v) is 7.58. The number of amides is 1. The van der Waals surface area contributed by atoms with E-state index in [2.05, 4.69) is 0 Å². The number of aliphatic hydroxyl groups excluding tert-OH is 1. The van der Waals surface area contributed by atoms with Gasteiger partial charge in [0.15, 0.2) is 0 Å². The fraction of sp³-hybridized carbons (Fsp3) is 0.667. The van der Waals surface area contributed by atoms with Crippen molar-refractivity contribution in [3.05, 3.63) is 11.6 Å². The van der Waals surface area contributed by atoms with Gasteiger partial charge in [0.05, 0.1) is 6.10 Å². The SMILES string of the molecule is CC(C)=CC(=O)N1CCC(O)C1. The molecule has 0 spiro atoms. The zero-order valence-electron chi connectivity index (χ0n) is 7.58. The van der Waals surface area contributed by atoms with Gasteiger partial charge in [0.25, 0.3) is 0 Å². The molecule has 0 aliphatic carbocycles. The Morgan fingerprint density at radius 1 is 1.58 bits per heavy atom. The third-order valence-electron chi connectivity index (χ3n) is 1.89. The molecule has 1 atom stereocenters. The average Bonchev–Trinajstić information content (AvgIpc) is 2.34. The van der Waals surface area contributed by atoms with Crippen molar-refractivity contribution in [2.45, 2.75) is 26.4 Å². The zero-order chi connectivity index (χ0) is 9.14. The molecule has 68 valence electrons. The van der Waals surface area contributed by atoms with Gasteiger partial charge >= 0.3 is 0 Å².